The molecule has 4 aromatic rings. The molecular formula is C30H29F3N8O2. The Balaban J connectivity index is 1.47. The maximum Gasteiger partial charge on any atom is 0.264 e. The number of likely N-dealkylation sites (tertiary alicyclic amines) is 1. The number of nitriles is 1. The lowest BCUT2D eigenvalue weighted by atomic mass is 10.0. The van der Waals surface area contributed by atoms with Crippen molar-refractivity contribution in [3.63, 3.8) is 0 Å². The second-order valence-electron chi connectivity index (χ2n) is 10.7. The van der Waals surface area contributed by atoms with Gasteiger partial charge in [0.15, 0.2) is 17.2 Å². The van der Waals surface area contributed by atoms with E-state index in [-0.39, 0.29) is 52.6 Å². The lowest BCUT2D eigenvalue weighted by Gasteiger charge is -2.26. The smallest absolute Gasteiger partial charge is 0.264 e. The van der Waals surface area contributed by atoms with Crippen LogP contribution in [0.15, 0.2) is 54.4 Å². The van der Waals surface area contributed by atoms with Crippen LogP contribution < -0.4 is 15.8 Å². The molecule has 222 valence electrons. The normalized spacial score (nSPS) is 15.6. The molecule has 0 radical (unpaired) electrons. The molecular weight excluding hydrogens is 561 g/mol. The van der Waals surface area contributed by atoms with Crippen LogP contribution >= 0.6 is 0 Å². The molecule has 1 aliphatic heterocycles. The molecule has 43 heavy (non-hydrogen) atoms. The first kappa shape index (κ1) is 29.5. The summed E-state index contributed by atoms with van der Waals surface area (Å²) in [7, 11) is 1.75. The van der Waals surface area contributed by atoms with Crippen molar-refractivity contribution >= 4 is 22.8 Å². The number of ether oxygens (including phenoxy) is 1. The Morgan fingerprint density at radius 1 is 1.23 bits per heavy atom. The predicted octanol–water partition coefficient (Wildman–Crippen LogP) is 4.72. The number of carbonyl (C=O) groups is 1. The Labute approximate surface area is 245 Å². The summed E-state index contributed by atoms with van der Waals surface area (Å²) in [5.41, 5.74) is 6.23. The van der Waals surface area contributed by atoms with Crippen LogP contribution in [0, 0.1) is 28.8 Å². The summed E-state index contributed by atoms with van der Waals surface area (Å²) < 4.78 is 50.1. The summed E-state index contributed by atoms with van der Waals surface area (Å²) in [6.07, 6.45) is 4.27. The number of rotatable bonds is 8. The molecule has 0 saturated carbocycles. The fraction of sp³-hybridized carbons (Fsp3) is 0.300. The topological polar surface area (TPSA) is 135 Å². The number of aromatic nitrogens is 4. The summed E-state index contributed by atoms with van der Waals surface area (Å²) in [6, 6.07) is 8.99. The van der Waals surface area contributed by atoms with Crippen molar-refractivity contribution in [2.75, 3.05) is 19.3 Å². The number of nitrogen functional groups attached to an aromatic ring is 1. The molecule has 10 nitrogen and oxygen atoms in total. The molecule has 0 aliphatic carbocycles. The minimum atomic E-state index is -1.19. The van der Waals surface area contributed by atoms with Gasteiger partial charge in [-0.05, 0) is 64.1 Å². The van der Waals surface area contributed by atoms with E-state index in [1.54, 1.807) is 22.7 Å². The first-order valence-corrected chi connectivity index (χ1v) is 13.5. The predicted molar refractivity (Wildman–Crippen MR) is 153 cm³/mol. The van der Waals surface area contributed by atoms with Crippen LogP contribution in [0.3, 0.4) is 0 Å². The molecule has 1 unspecified atom stereocenters. The average Bonchev–Trinajstić information content (AvgIpc) is 3.60. The van der Waals surface area contributed by atoms with E-state index >= 15 is 4.39 Å². The van der Waals surface area contributed by atoms with Gasteiger partial charge in [0.25, 0.3) is 5.91 Å². The maximum atomic E-state index is 15.5. The van der Waals surface area contributed by atoms with Crippen molar-refractivity contribution < 1.29 is 22.7 Å². The van der Waals surface area contributed by atoms with Crippen LogP contribution in [0.25, 0.3) is 22.3 Å². The van der Waals surface area contributed by atoms with Gasteiger partial charge in [0.2, 0.25) is 5.82 Å². The Kier molecular flexibility index (Phi) is 8.06. The van der Waals surface area contributed by atoms with Crippen molar-refractivity contribution in [1.29, 1.82) is 5.26 Å². The Morgan fingerprint density at radius 3 is 2.74 bits per heavy atom. The van der Waals surface area contributed by atoms with Gasteiger partial charge >= 0.3 is 0 Å². The van der Waals surface area contributed by atoms with E-state index in [0.717, 1.165) is 18.6 Å². The standard InChI is InChI=1S/C30H29F3N8O2/c1-30(2,36-3)13-17(14-34)29(42)40-11-5-6-18(40)15-41-28-24(27(35)37-16-38-28)26(39-41)20-10-9-19(12-22(20)32)43-23-8-4-7-21(31)25(23)33/h4,7-10,12-13,16,18,36H,5-6,11,15H2,1-3H3,(H2,35,37,38). The van der Waals surface area contributed by atoms with Crippen LogP contribution in [-0.2, 0) is 11.3 Å². The third-order valence-electron chi connectivity index (χ3n) is 7.42. The number of carbonyl (C=O) groups excluding carboxylic acids is 1. The molecule has 2 aromatic carbocycles. The van der Waals surface area contributed by atoms with Gasteiger partial charge in [-0.1, -0.05) is 6.07 Å². The SMILES string of the molecule is CNC(C)(C)C=C(C#N)C(=O)N1CCCC1Cn1nc(-c2ccc(Oc3cccc(F)c3F)cc2F)c2c(N)ncnc21. The molecule has 1 atom stereocenters. The van der Waals surface area contributed by atoms with E-state index in [9.17, 15) is 18.8 Å². The van der Waals surface area contributed by atoms with Crippen LogP contribution in [0.5, 0.6) is 11.5 Å². The highest BCUT2D eigenvalue weighted by Crippen LogP contribution is 2.35. The third-order valence-corrected chi connectivity index (χ3v) is 7.42. The van der Waals surface area contributed by atoms with Crippen LogP contribution in [0.2, 0.25) is 0 Å². The van der Waals surface area contributed by atoms with Crippen molar-refractivity contribution in [3.05, 3.63) is 71.8 Å². The number of nitrogens with one attached hydrogen (secondary N) is 1. The van der Waals surface area contributed by atoms with Crippen LogP contribution in [0.1, 0.15) is 26.7 Å². The maximum absolute atomic E-state index is 15.5. The fourth-order valence-electron chi connectivity index (χ4n) is 5.01. The van der Waals surface area contributed by atoms with Gasteiger partial charge in [-0.15, -0.1) is 0 Å². The second kappa shape index (κ2) is 11.7. The van der Waals surface area contributed by atoms with Crippen molar-refractivity contribution in [1.82, 2.24) is 30.0 Å². The Hall–Kier alpha value is -4.96. The number of fused-ring (bicyclic) bond motifs is 1. The Bertz CT molecular complexity index is 1780. The lowest BCUT2D eigenvalue weighted by molar-refractivity contribution is -0.127. The zero-order valence-corrected chi connectivity index (χ0v) is 23.7. The third kappa shape index (κ3) is 5.87. The monoisotopic (exact) mass is 590 g/mol. The highest BCUT2D eigenvalue weighted by molar-refractivity contribution is 5.99. The molecule has 0 spiro atoms. The molecule has 2 aromatic heterocycles. The molecule has 1 amide bonds. The number of likely N-dealkylation sites (N-methyl/N-ethyl adjacent to an activating group) is 1. The van der Waals surface area contributed by atoms with Gasteiger partial charge in [0.05, 0.1) is 18.0 Å². The number of nitrogens with two attached hydrogens (primary N) is 1. The van der Waals surface area contributed by atoms with Crippen LogP contribution in [-0.4, -0.2) is 55.7 Å². The number of halogens is 3. The van der Waals surface area contributed by atoms with Crippen molar-refractivity contribution in [2.45, 2.75) is 44.8 Å². The number of hydrogen-bond donors (Lipinski definition) is 2. The first-order chi connectivity index (χ1) is 20.5. The molecule has 3 N–H and O–H groups in total. The highest BCUT2D eigenvalue weighted by Gasteiger charge is 2.33. The van der Waals surface area contributed by atoms with E-state index in [1.165, 1.54) is 30.6 Å². The number of amides is 1. The van der Waals surface area contributed by atoms with E-state index < -0.39 is 23.0 Å². The summed E-state index contributed by atoms with van der Waals surface area (Å²) in [4.78, 5) is 23.4. The van der Waals surface area contributed by atoms with Gasteiger partial charge < -0.3 is 20.7 Å². The molecule has 1 aliphatic rings. The molecule has 13 heteroatoms. The number of nitrogens with zero attached hydrogens (tertiary/aromatic N) is 6. The van der Waals surface area contributed by atoms with E-state index in [1.807, 2.05) is 19.9 Å². The number of anilines is 1. The molecule has 5 rings (SSSR count). The van der Waals surface area contributed by atoms with E-state index in [0.29, 0.717) is 24.0 Å². The molecule has 1 saturated heterocycles. The summed E-state index contributed by atoms with van der Waals surface area (Å²) in [5, 5.41) is 17.7. The molecule has 3 heterocycles. The van der Waals surface area contributed by atoms with Gasteiger partial charge in [-0.25, -0.2) is 23.4 Å². The van der Waals surface area contributed by atoms with Crippen molar-refractivity contribution in [2.24, 2.45) is 0 Å². The van der Waals surface area contributed by atoms with Crippen molar-refractivity contribution in [3.8, 4) is 28.8 Å². The number of hydrogen-bond acceptors (Lipinski definition) is 8. The summed E-state index contributed by atoms with van der Waals surface area (Å²) in [5.74, 6) is -3.78. The van der Waals surface area contributed by atoms with Crippen LogP contribution in [0.4, 0.5) is 19.0 Å². The first-order valence-electron chi connectivity index (χ1n) is 13.5. The summed E-state index contributed by atoms with van der Waals surface area (Å²) >= 11 is 0. The van der Waals surface area contributed by atoms with Gasteiger partial charge in [0, 0.05) is 23.7 Å². The quantitative estimate of drug-likeness (QED) is 0.222. The molecule has 0 bridgehead atoms. The second-order valence-corrected chi connectivity index (χ2v) is 10.7. The van der Waals surface area contributed by atoms with Gasteiger partial charge in [-0.2, -0.15) is 14.8 Å². The highest BCUT2D eigenvalue weighted by atomic mass is 19.2. The average molecular weight is 591 g/mol. The zero-order chi connectivity index (χ0) is 30.9. The zero-order valence-electron chi connectivity index (χ0n) is 23.7. The Morgan fingerprint density at radius 2 is 2.02 bits per heavy atom. The minimum Gasteiger partial charge on any atom is -0.454 e. The lowest BCUT2D eigenvalue weighted by Crippen LogP contribution is -2.40. The number of benzene rings is 2. The fourth-order valence-corrected chi connectivity index (χ4v) is 5.01. The minimum absolute atomic E-state index is 0.0336. The molecule has 1 fully saturated rings. The summed E-state index contributed by atoms with van der Waals surface area (Å²) in [6.45, 7) is 4.40. The van der Waals surface area contributed by atoms with E-state index in [4.69, 9.17) is 10.5 Å². The largest absolute Gasteiger partial charge is 0.454 e. The van der Waals surface area contributed by atoms with E-state index in [2.05, 4.69) is 20.4 Å². The van der Waals surface area contributed by atoms with Gasteiger partial charge in [-0.3, -0.25) is 4.79 Å². The van der Waals surface area contributed by atoms with Gasteiger partial charge in [0.1, 0.15) is 41.0 Å².